The van der Waals surface area contributed by atoms with Gasteiger partial charge in [-0.05, 0) is 30.5 Å². The molecule has 1 aliphatic heterocycles. The van der Waals surface area contributed by atoms with Crippen molar-refractivity contribution in [3.05, 3.63) is 54.1 Å². The predicted octanol–water partition coefficient (Wildman–Crippen LogP) is 4.17. The van der Waals surface area contributed by atoms with Crippen LogP contribution in [0.25, 0.3) is 22.2 Å². The molecule has 1 aliphatic carbocycles. The Bertz CT molecular complexity index is 1070. The third-order valence-electron chi connectivity index (χ3n) is 6.67. The number of nitrogens with zero attached hydrogens (tertiary/aromatic N) is 4. The van der Waals surface area contributed by atoms with Crippen molar-refractivity contribution in [1.82, 2.24) is 19.4 Å². The molecule has 2 heterocycles. The molecule has 2 fully saturated rings. The van der Waals surface area contributed by atoms with Gasteiger partial charge in [0.1, 0.15) is 5.82 Å². The zero-order valence-electron chi connectivity index (χ0n) is 17.4. The van der Waals surface area contributed by atoms with E-state index in [0.717, 1.165) is 29.4 Å². The zero-order valence-corrected chi connectivity index (χ0v) is 17.4. The van der Waals surface area contributed by atoms with Crippen molar-refractivity contribution in [2.75, 3.05) is 26.2 Å². The van der Waals surface area contributed by atoms with E-state index >= 15 is 4.39 Å². The molecule has 0 N–H and O–H groups in total. The van der Waals surface area contributed by atoms with Crippen LogP contribution in [0.15, 0.2) is 42.5 Å². The summed E-state index contributed by atoms with van der Waals surface area (Å²) in [6.07, 6.45) is 3.83. The molecule has 0 atom stereocenters. The highest BCUT2D eigenvalue weighted by molar-refractivity contribution is 5.97. The molecule has 1 saturated heterocycles. The van der Waals surface area contributed by atoms with Crippen LogP contribution in [0.2, 0.25) is 0 Å². The van der Waals surface area contributed by atoms with Crippen molar-refractivity contribution in [1.29, 1.82) is 0 Å². The molecule has 5 nitrogen and oxygen atoms in total. The Kier molecular flexibility index (Phi) is 5.03. The Labute approximate surface area is 176 Å². The highest BCUT2D eigenvalue weighted by Gasteiger charge is 2.32. The minimum absolute atomic E-state index is 0.0810. The summed E-state index contributed by atoms with van der Waals surface area (Å²) in [5, 5.41) is 2.08. The number of rotatable bonds is 4. The largest absolute Gasteiger partial charge is 0.335 e. The van der Waals surface area contributed by atoms with Crippen molar-refractivity contribution in [2.24, 2.45) is 0 Å². The summed E-state index contributed by atoms with van der Waals surface area (Å²) in [5.74, 6) is -0.406. The molecule has 30 heavy (non-hydrogen) atoms. The molecule has 1 amide bonds. The molecule has 1 saturated carbocycles. The second-order valence-electron chi connectivity index (χ2n) is 8.26. The number of hydrogen-bond acceptors (Lipinski definition) is 3. The van der Waals surface area contributed by atoms with Crippen LogP contribution in [0.1, 0.15) is 36.7 Å². The van der Waals surface area contributed by atoms with Gasteiger partial charge in [-0.15, -0.1) is 0 Å². The molecule has 3 aromatic rings. The lowest BCUT2D eigenvalue weighted by atomic mass is 9.91. The molecule has 6 heteroatoms. The molecule has 0 bridgehead atoms. The van der Waals surface area contributed by atoms with Crippen LogP contribution in [0.3, 0.4) is 0 Å². The Morgan fingerprint density at radius 3 is 2.50 bits per heavy atom. The predicted molar refractivity (Wildman–Crippen MR) is 116 cm³/mol. The number of piperazine rings is 1. The van der Waals surface area contributed by atoms with E-state index in [-0.39, 0.29) is 11.6 Å². The van der Waals surface area contributed by atoms with E-state index in [1.54, 1.807) is 9.47 Å². The van der Waals surface area contributed by atoms with Gasteiger partial charge in [0.15, 0.2) is 5.69 Å². The lowest BCUT2D eigenvalue weighted by Gasteiger charge is -2.42. The van der Waals surface area contributed by atoms with E-state index < -0.39 is 5.95 Å². The van der Waals surface area contributed by atoms with Crippen LogP contribution >= 0.6 is 0 Å². The van der Waals surface area contributed by atoms with Crippen LogP contribution in [0.4, 0.5) is 4.39 Å². The van der Waals surface area contributed by atoms with Crippen LogP contribution in [-0.2, 0) is 6.54 Å². The van der Waals surface area contributed by atoms with E-state index in [4.69, 9.17) is 0 Å². The standard InChI is InChI=1S/C24H27FN4O/c1-2-29-21(24(30)28-15-13-27(14-16-28)18-9-6-10-18)22(25)26-23(29)20-12-5-8-17-7-3-4-11-19(17)20/h3-5,7-8,11-12,18H,2,6,9-10,13-16H2,1H3. The van der Waals surface area contributed by atoms with Crippen LogP contribution in [0.5, 0.6) is 0 Å². The van der Waals surface area contributed by atoms with Gasteiger partial charge in [-0.25, -0.2) is 0 Å². The maximum atomic E-state index is 15.0. The highest BCUT2D eigenvalue weighted by Crippen LogP contribution is 2.30. The summed E-state index contributed by atoms with van der Waals surface area (Å²) in [4.78, 5) is 21.8. The average Bonchev–Trinajstić information content (AvgIpc) is 3.08. The maximum Gasteiger partial charge on any atom is 0.275 e. The van der Waals surface area contributed by atoms with Gasteiger partial charge >= 0.3 is 0 Å². The molecule has 1 aromatic heterocycles. The van der Waals surface area contributed by atoms with Crippen LogP contribution in [-0.4, -0.2) is 57.5 Å². The Morgan fingerprint density at radius 1 is 1.07 bits per heavy atom. The number of carbonyl (C=O) groups excluding carboxylic acids is 1. The molecular weight excluding hydrogens is 379 g/mol. The van der Waals surface area contributed by atoms with E-state index in [2.05, 4.69) is 9.88 Å². The quantitative estimate of drug-likeness (QED) is 0.653. The summed E-state index contributed by atoms with van der Waals surface area (Å²) in [5.41, 5.74) is 0.931. The fourth-order valence-corrected chi connectivity index (χ4v) is 4.75. The van der Waals surface area contributed by atoms with Crippen molar-refractivity contribution < 1.29 is 9.18 Å². The van der Waals surface area contributed by atoms with Crippen molar-refractivity contribution in [2.45, 2.75) is 38.8 Å². The number of amides is 1. The Morgan fingerprint density at radius 2 is 1.80 bits per heavy atom. The van der Waals surface area contributed by atoms with E-state index in [9.17, 15) is 4.79 Å². The first kappa shape index (κ1) is 19.2. The number of halogens is 1. The highest BCUT2D eigenvalue weighted by atomic mass is 19.1. The van der Waals surface area contributed by atoms with Gasteiger partial charge in [0.25, 0.3) is 5.91 Å². The van der Waals surface area contributed by atoms with Gasteiger partial charge in [-0.1, -0.05) is 48.9 Å². The second-order valence-corrected chi connectivity index (χ2v) is 8.26. The molecule has 2 aliphatic rings. The monoisotopic (exact) mass is 406 g/mol. The molecule has 2 aromatic carbocycles. The van der Waals surface area contributed by atoms with Crippen molar-refractivity contribution in [3.63, 3.8) is 0 Å². The summed E-state index contributed by atoms with van der Waals surface area (Å²) in [6.45, 7) is 5.45. The first-order chi connectivity index (χ1) is 14.7. The normalized spacial score (nSPS) is 18.0. The van der Waals surface area contributed by atoms with Gasteiger partial charge in [0, 0.05) is 44.3 Å². The summed E-state index contributed by atoms with van der Waals surface area (Å²) in [6, 6.07) is 14.6. The Balaban J connectivity index is 1.46. The minimum Gasteiger partial charge on any atom is -0.335 e. The molecule has 5 rings (SSSR count). The fraction of sp³-hybridized carbons (Fsp3) is 0.417. The number of imidazole rings is 1. The molecule has 0 unspecified atom stereocenters. The second kappa shape index (κ2) is 7.84. The number of aromatic nitrogens is 2. The SMILES string of the molecule is CCn1c(-c2cccc3ccccc23)nc(F)c1C(=O)N1CCN(C2CCC2)CC1. The summed E-state index contributed by atoms with van der Waals surface area (Å²) in [7, 11) is 0. The van der Waals surface area contributed by atoms with Gasteiger partial charge in [0.2, 0.25) is 5.95 Å². The average molecular weight is 407 g/mol. The number of carbonyl (C=O) groups is 1. The van der Waals surface area contributed by atoms with Gasteiger partial charge < -0.3 is 9.47 Å². The third-order valence-corrected chi connectivity index (χ3v) is 6.67. The molecule has 0 spiro atoms. The molecule has 156 valence electrons. The van der Waals surface area contributed by atoms with Crippen LogP contribution in [0, 0.1) is 5.95 Å². The van der Waals surface area contributed by atoms with Gasteiger partial charge in [-0.2, -0.15) is 9.37 Å². The lowest BCUT2D eigenvalue weighted by molar-refractivity contribution is 0.0444. The van der Waals surface area contributed by atoms with Gasteiger partial charge in [-0.3, -0.25) is 9.69 Å². The number of fused-ring (bicyclic) bond motifs is 1. The fourth-order valence-electron chi connectivity index (χ4n) is 4.75. The van der Waals surface area contributed by atoms with E-state index in [0.29, 0.717) is 31.5 Å². The number of hydrogen-bond donors (Lipinski definition) is 0. The first-order valence-corrected chi connectivity index (χ1v) is 10.9. The summed E-state index contributed by atoms with van der Waals surface area (Å²) < 4.78 is 16.8. The van der Waals surface area contributed by atoms with E-state index in [1.807, 2.05) is 49.4 Å². The lowest BCUT2D eigenvalue weighted by Crippen LogP contribution is -2.53. The van der Waals surface area contributed by atoms with Crippen molar-refractivity contribution >= 4 is 16.7 Å². The number of benzene rings is 2. The smallest absolute Gasteiger partial charge is 0.275 e. The van der Waals surface area contributed by atoms with Crippen molar-refractivity contribution in [3.8, 4) is 11.4 Å². The van der Waals surface area contributed by atoms with Gasteiger partial charge in [0.05, 0.1) is 0 Å². The topological polar surface area (TPSA) is 41.4 Å². The summed E-state index contributed by atoms with van der Waals surface area (Å²) >= 11 is 0. The molecular formula is C24H27FN4O. The first-order valence-electron chi connectivity index (χ1n) is 10.9. The van der Waals surface area contributed by atoms with Crippen LogP contribution < -0.4 is 0 Å². The molecule has 0 radical (unpaired) electrons. The minimum atomic E-state index is -0.675. The maximum absolute atomic E-state index is 15.0. The zero-order chi connectivity index (χ0) is 20.7. The Hall–Kier alpha value is -2.73. The van der Waals surface area contributed by atoms with E-state index in [1.165, 1.54) is 19.3 Å². The third kappa shape index (κ3) is 3.19.